The van der Waals surface area contributed by atoms with Gasteiger partial charge in [0.15, 0.2) is 0 Å². The highest BCUT2D eigenvalue weighted by atomic mass is 16.6. The molecule has 5 heteroatoms. The number of carbonyl (C=O) groups is 1. The van der Waals surface area contributed by atoms with Crippen molar-refractivity contribution in [2.45, 2.75) is 76.9 Å². The Kier molecular flexibility index (Phi) is 5.07. The van der Waals surface area contributed by atoms with Crippen LogP contribution < -0.4 is 0 Å². The minimum atomic E-state index is -1.08. The number of Topliss-reactive ketones (excluding diaryl/α,β-unsaturated/α-hetero) is 1. The summed E-state index contributed by atoms with van der Waals surface area (Å²) in [6, 6.07) is 0. The molecule has 0 heterocycles. The maximum absolute atomic E-state index is 12.2. The number of aliphatic hydroxyl groups is 1. The van der Waals surface area contributed by atoms with Crippen LogP contribution in [-0.4, -0.2) is 27.0 Å². The number of nitrogens with zero attached hydrogens (tertiary/aromatic N) is 1. The van der Waals surface area contributed by atoms with Gasteiger partial charge in [-0.2, -0.15) is 0 Å². The van der Waals surface area contributed by atoms with Crippen molar-refractivity contribution < 1.29 is 14.8 Å². The molecule has 110 valence electrons. The highest BCUT2D eigenvalue weighted by Crippen LogP contribution is 2.44. The molecule has 19 heavy (non-hydrogen) atoms. The van der Waals surface area contributed by atoms with Crippen LogP contribution in [0.2, 0.25) is 0 Å². The lowest BCUT2D eigenvalue weighted by Crippen LogP contribution is -2.54. The molecule has 3 atom stereocenters. The predicted molar refractivity (Wildman–Crippen MR) is 72.5 cm³/mol. The molecule has 1 aliphatic carbocycles. The zero-order valence-corrected chi connectivity index (χ0v) is 12.1. The molecule has 0 aromatic carbocycles. The van der Waals surface area contributed by atoms with Gasteiger partial charge in [-0.25, -0.2) is 0 Å². The highest BCUT2D eigenvalue weighted by Gasteiger charge is 2.54. The first-order chi connectivity index (χ1) is 8.79. The Morgan fingerprint density at radius 1 is 1.37 bits per heavy atom. The van der Waals surface area contributed by atoms with Gasteiger partial charge in [-0.3, -0.25) is 14.9 Å². The number of rotatable bonds is 6. The molecule has 1 saturated carbocycles. The molecule has 0 aromatic heterocycles. The minimum absolute atomic E-state index is 0.0220. The second-order valence-corrected chi connectivity index (χ2v) is 6.08. The Morgan fingerprint density at radius 3 is 2.47 bits per heavy atom. The van der Waals surface area contributed by atoms with E-state index in [0.29, 0.717) is 32.1 Å². The predicted octanol–water partition coefficient (Wildman–Crippen LogP) is 2.72. The van der Waals surface area contributed by atoms with Crippen LogP contribution in [0.15, 0.2) is 0 Å². The lowest BCUT2D eigenvalue weighted by atomic mass is 9.64. The summed E-state index contributed by atoms with van der Waals surface area (Å²) in [4.78, 5) is 23.1. The van der Waals surface area contributed by atoms with Gasteiger partial charge in [-0.15, -0.1) is 0 Å². The number of carbonyl (C=O) groups excluding carboxylic acids is 1. The highest BCUT2D eigenvalue weighted by molar-refractivity contribution is 5.82. The molecular weight excluding hydrogens is 246 g/mol. The van der Waals surface area contributed by atoms with E-state index in [1.807, 2.05) is 13.8 Å². The van der Waals surface area contributed by atoms with Crippen molar-refractivity contribution in [2.75, 3.05) is 0 Å². The van der Waals surface area contributed by atoms with Gasteiger partial charge in [0.1, 0.15) is 5.78 Å². The zero-order chi connectivity index (χ0) is 14.7. The van der Waals surface area contributed by atoms with Gasteiger partial charge in [-0.1, -0.05) is 20.3 Å². The van der Waals surface area contributed by atoms with Gasteiger partial charge in [0.25, 0.3) is 0 Å². The van der Waals surface area contributed by atoms with Crippen LogP contribution in [0.1, 0.15) is 65.7 Å². The van der Waals surface area contributed by atoms with E-state index < -0.39 is 17.1 Å². The Bertz CT molecular complexity index is 357. The molecule has 1 N–H and O–H groups in total. The van der Waals surface area contributed by atoms with E-state index >= 15 is 0 Å². The molecule has 0 saturated heterocycles. The van der Waals surface area contributed by atoms with Crippen molar-refractivity contribution in [1.82, 2.24) is 0 Å². The Labute approximate surface area is 114 Å². The van der Waals surface area contributed by atoms with Gasteiger partial charge < -0.3 is 5.11 Å². The first kappa shape index (κ1) is 16.1. The fraction of sp³-hybridized carbons (Fsp3) is 0.929. The van der Waals surface area contributed by atoms with Gasteiger partial charge in [0.2, 0.25) is 5.54 Å². The van der Waals surface area contributed by atoms with Crippen LogP contribution in [0, 0.1) is 16.0 Å². The van der Waals surface area contributed by atoms with Crippen LogP contribution in [0.3, 0.4) is 0 Å². The largest absolute Gasteiger partial charge is 0.389 e. The molecule has 0 amide bonds. The first-order valence-electron chi connectivity index (χ1n) is 7.18. The molecule has 0 aromatic rings. The van der Waals surface area contributed by atoms with E-state index in [2.05, 4.69) is 0 Å². The van der Waals surface area contributed by atoms with Crippen molar-refractivity contribution in [3.8, 4) is 0 Å². The Hall–Kier alpha value is -0.970. The summed E-state index contributed by atoms with van der Waals surface area (Å²) in [5.41, 5.74) is -2.12. The van der Waals surface area contributed by atoms with Crippen molar-refractivity contribution in [2.24, 2.45) is 5.92 Å². The van der Waals surface area contributed by atoms with Crippen LogP contribution in [0.25, 0.3) is 0 Å². The van der Waals surface area contributed by atoms with Crippen LogP contribution >= 0.6 is 0 Å². The van der Waals surface area contributed by atoms with Gasteiger partial charge in [0, 0.05) is 31.1 Å². The van der Waals surface area contributed by atoms with Gasteiger partial charge in [-0.05, 0) is 19.3 Å². The third-order valence-electron chi connectivity index (χ3n) is 4.40. The molecule has 1 fully saturated rings. The van der Waals surface area contributed by atoms with Crippen molar-refractivity contribution in [1.29, 1.82) is 0 Å². The maximum atomic E-state index is 12.2. The molecule has 0 spiro atoms. The third-order valence-corrected chi connectivity index (χ3v) is 4.40. The van der Waals surface area contributed by atoms with E-state index in [1.165, 1.54) is 0 Å². The zero-order valence-electron chi connectivity index (χ0n) is 12.1. The van der Waals surface area contributed by atoms with Gasteiger partial charge >= 0.3 is 0 Å². The fourth-order valence-corrected chi connectivity index (χ4v) is 3.12. The number of hydrogen-bond acceptors (Lipinski definition) is 4. The normalized spacial score (nSPS) is 35.1. The summed E-state index contributed by atoms with van der Waals surface area (Å²) in [6.45, 7) is 5.46. The number of nitro groups is 1. The molecule has 0 radical (unpaired) electrons. The summed E-state index contributed by atoms with van der Waals surface area (Å²) in [7, 11) is 0. The van der Waals surface area contributed by atoms with Crippen LogP contribution in [0.4, 0.5) is 0 Å². The van der Waals surface area contributed by atoms with E-state index in [0.717, 1.165) is 6.42 Å². The van der Waals surface area contributed by atoms with Crippen LogP contribution in [-0.2, 0) is 4.79 Å². The summed E-state index contributed by atoms with van der Waals surface area (Å²) in [6.07, 6.45) is 3.28. The maximum Gasteiger partial charge on any atom is 0.220 e. The van der Waals surface area contributed by atoms with E-state index in [4.69, 9.17) is 0 Å². The standard InChI is InChI=1S/C14H25NO4/c1-4-6-12(16)11-10-13(3,15(18)19)8-9-14(11,17)7-5-2/h11,17H,4-10H2,1-3H3/t11-,13+,14-/m1/s1. The summed E-state index contributed by atoms with van der Waals surface area (Å²) >= 11 is 0. The van der Waals surface area contributed by atoms with E-state index in [9.17, 15) is 20.0 Å². The van der Waals surface area contributed by atoms with Gasteiger partial charge in [0.05, 0.1) is 11.5 Å². The third kappa shape index (κ3) is 3.32. The molecular formula is C14H25NO4. The van der Waals surface area contributed by atoms with Crippen molar-refractivity contribution in [3.05, 3.63) is 10.1 Å². The lowest BCUT2D eigenvalue weighted by molar-refractivity contribution is -0.573. The molecule has 0 bridgehead atoms. The molecule has 0 aliphatic heterocycles. The second kappa shape index (κ2) is 5.99. The van der Waals surface area contributed by atoms with E-state index in [-0.39, 0.29) is 17.1 Å². The minimum Gasteiger partial charge on any atom is -0.389 e. The molecule has 1 aliphatic rings. The average molecular weight is 271 g/mol. The summed E-state index contributed by atoms with van der Waals surface area (Å²) < 4.78 is 0. The fourth-order valence-electron chi connectivity index (χ4n) is 3.12. The molecule has 5 nitrogen and oxygen atoms in total. The number of hydrogen-bond donors (Lipinski definition) is 1. The topological polar surface area (TPSA) is 80.4 Å². The quantitative estimate of drug-likeness (QED) is 0.595. The average Bonchev–Trinajstić information content (AvgIpc) is 2.33. The Balaban J connectivity index is 2.98. The SMILES string of the molecule is CCCC(=O)[C@H]1C[C@@](C)([N+](=O)[O-])CC[C@]1(O)CCC. The van der Waals surface area contributed by atoms with Crippen molar-refractivity contribution >= 4 is 5.78 Å². The summed E-state index contributed by atoms with van der Waals surface area (Å²) in [5, 5.41) is 21.9. The second-order valence-electron chi connectivity index (χ2n) is 6.08. The smallest absolute Gasteiger partial charge is 0.220 e. The molecule has 0 unspecified atom stereocenters. The summed E-state index contributed by atoms with van der Waals surface area (Å²) in [5.74, 6) is -0.609. The van der Waals surface area contributed by atoms with E-state index in [1.54, 1.807) is 6.92 Å². The monoisotopic (exact) mass is 271 g/mol. The van der Waals surface area contributed by atoms with Crippen LogP contribution in [0.5, 0.6) is 0 Å². The lowest BCUT2D eigenvalue weighted by Gasteiger charge is -2.43. The number of ketones is 1. The van der Waals surface area contributed by atoms with Crippen molar-refractivity contribution in [3.63, 3.8) is 0 Å². The first-order valence-corrected chi connectivity index (χ1v) is 7.18. The molecule has 1 rings (SSSR count). The Morgan fingerprint density at radius 2 is 2.00 bits per heavy atom.